The molecule has 172 valence electrons. The van der Waals surface area contributed by atoms with E-state index in [-0.39, 0.29) is 5.91 Å². The van der Waals surface area contributed by atoms with Gasteiger partial charge in [-0.2, -0.15) is 0 Å². The van der Waals surface area contributed by atoms with Gasteiger partial charge in [-0.3, -0.25) is 14.7 Å². The summed E-state index contributed by atoms with van der Waals surface area (Å²) in [6.45, 7) is 5.22. The first kappa shape index (κ1) is 23.6. The average Bonchev–Trinajstić information content (AvgIpc) is 2.85. The number of piperidine rings is 1. The van der Waals surface area contributed by atoms with Crippen LogP contribution < -0.4 is 20.7 Å². The van der Waals surface area contributed by atoms with Gasteiger partial charge in [0.1, 0.15) is 5.75 Å². The van der Waals surface area contributed by atoms with E-state index in [9.17, 15) is 4.79 Å². The Morgan fingerprint density at radius 3 is 2.41 bits per heavy atom. The molecule has 3 rings (SSSR count). The number of aliphatic imine (C=N–C) groups is 1. The number of carbonyl (C=O) groups excluding carboxylic acids is 1. The van der Waals surface area contributed by atoms with Crippen LogP contribution in [0, 0.1) is 0 Å². The normalized spacial score (nSPS) is 14.6. The summed E-state index contributed by atoms with van der Waals surface area (Å²) in [6.07, 6.45) is 4.00. The van der Waals surface area contributed by atoms with E-state index in [0.29, 0.717) is 36.9 Å². The van der Waals surface area contributed by atoms with Crippen LogP contribution in [0.25, 0.3) is 0 Å². The maximum Gasteiger partial charge on any atom is 0.251 e. The van der Waals surface area contributed by atoms with Crippen LogP contribution in [0.5, 0.6) is 5.75 Å². The van der Waals surface area contributed by atoms with Crippen molar-refractivity contribution in [1.82, 2.24) is 20.9 Å². The van der Waals surface area contributed by atoms with Crippen LogP contribution in [-0.2, 0) is 13.1 Å². The Bertz CT molecular complexity index is 876. The van der Waals surface area contributed by atoms with Crippen LogP contribution in [0.3, 0.4) is 0 Å². The third-order valence-corrected chi connectivity index (χ3v) is 5.60. The first-order chi connectivity index (χ1) is 15.7. The molecule has 0 aromatic heterocycles. The summed E-state index contributed by atoms with van der Waals surface area (Å²) in [6, 6.07) is 15.9. The Morgan fingerprint density at radius 2 is 1.69 bits per heavy atom. The van der Waals surface area contributed by atoms with Crippen molar-refractivity contribution < 1.29 is 9.53 Å². The van der Waals surface area contributed by atoms with Crippen molar-refractivity contribution in [3.63, 3.8) is 0 Å². The van der Waals surface area contributed by atoms with Crippen molar-refractivity contribution in [3.8, 4) is 5.75 Å². The van der Waals surface area contributed by atoms with Gasteiger partial charge in [0.15, 0.2) is 5.96 Å². The van der Waals surface area contributed by atoms with Gasteiger partial charge in [-0.25, -0.2) is 0 Å². The lowest BCUT2D eigenvalue weighted by atomic mass is 10.1. The van der Waals surface area contributed by atoms with E-state index < -0.39 is 0 Å². The molecule has 1 aliphatic rings. The molecule has 1 fully saturated rings. The second-order valence-corrected chi connectivity index (χ2v) is 7.99. The van der Waals surface area contributed by atoms with Crippen LogP contribution in [0.15, 0.2) is 53.5 Å². The summed E-state index contributed by atoms with van der Waals surface area (Å²) in [4.78, 5) is 19.0. The molecular formula is C25H35N5O2. The summed E-state index contributed by atoms with van der Waals surface area (Å²) >= 11 is 0. The SMILES string of the molecule is CN=C(NCCNC(=O)c1cccc(OC)c1)NCc1ccc(CN2CCCCC2)cc1. The maximum absolute atomic E-state index is 12.2. The van der Waals surface area contributed by atoms with Crippen molar-refractivity contribution in [2.24, 2.45) is 4.99 Å². The van der Waals surface area contributed by atoms with E-state index in [1.54, 1.807) is 32.4 Å². The van der Waals surface area contributed by atoms with Crippen LogP contribution in [0.2, 0.25) is 0 Å². The van der Waals surface area contributed by atoms with Crippen molar-refractivity contribution in [2.45, 2.75) is 32.4 Å². The number of benzene rings is 2. The molecule has 3 N–H and O–H groups in total. The molecule has 7 nitrogen and oxygen atoms in total. The zero-order chi connectivity index (χ0) is 22.6. The molecule has 0 unspecified atom stereocenters. The fraction of sp³-hybridized carbons (Fsp3) is 0.440. The molecule has 0 saturated carbocycles. The Balaban J connectivity index is 1.36. The number of methoxy groups -OCH3 is 1. The quantitative estimate of drug-likeness (QED) is 0.319. The summed E-state index contributed by atoms with van der Waals surface area (Å²) in [5, 5.41) is 9.45. The molecule has 2 aromatic carbocycles. The monoisotopic (exact) mass is 437 g/mol. The predicted octanol–water partition coefficient (Wildman–Crippen LogP) is 2.78. The highest BCUT2D eigenvalue weighted by Crippen LogP contribution is 2.14. The molecule has 1 amide bonds. The van der Waals surface area contributed by atoms with Gasteiger partial charge in [0.05, 0.1) is 7.11 Å². The summed E-state index contributed by atoms with van der Waals surface area (Å²) in [5.41, 5.74) is 3.15. The fourth-order valence-corrected chi connectivity index (χ4v) is 3.77. The van der Waals surface area contributed by atoms with Crippen LogP contribution in [0.4, 0.5) is 0 Å². The largest absolute Gasteiger partial charge is 0.497 e. The summed E-state index contributed by atoms with van der Waals surface area (Å²) < 4.78 is 5.16. The van der Waals surface area contributed by atoms with Gasteiger partial charge in [0, 0.05) is 38.8 Å². The minimum absolute atomic E-state index is 0.127. The van der Waals surface area contributed by atoms with Crippen LogP contribution in [0.1, 0.15) is 40.7 Å². The maximum atomic E-state index is 12.2. The van der Waals surface area contributed by atoms with Crippen LogP contribution in [-0.4, -0.2) is 57.1 Å². The lowest BCUT2D eigenvalue weighted by Gasteiger charge is -2.26. The topological polar surface area (TPSA) is 78.0 Å². The second-order valence-electron chi connectivity index (χ2n) is 7.99. The van der Waals surface area contributed by atoms with E-state index in [4.69, 9.17) is 4.74 Å². The van der Waals surface area contributed by atoms with E-state index in [1.165, 1.54) is 43.5 Å². The van der Waals surface area contributed by atoms with E-state index in [2.05, 4.69) is 50.1 Å². The average molecular weight is 438 g/mol. The molecule has 1 aliphatic heterocycles. The first-order valence-corrected chi connectivity index (χ1v) is 11.3. The highest BCUT2D eigenvalue weighted by molar-refractivity contribution is 5.94. The fourth-order valence-electron chi connectivity index (χ4n) is 3.77. The van der Waals surface area contributed by atoms with E-state index in [1.807, 2.05) is 6.07 Å². The molecule has 0 radical (unpaired) electrons. The minimum Gasteiger partial charge on any atom is -0.497 e. The van der Waals surface area contributed by atoms with Gasteiger partial charge in [0.25, 0.3) is 5.91 Å². The molecule has 1 saturated heterocycles. The number of likely N-dealkylation sites (tertiary alicyclic amines) is 1. The number of nitrogens with one attached hydrogen (secondary N) is 3. The van der Waals surface area contributed by atoms with Crippen molar-refractivity contribution in [2.75, 3.05) is 40.3 Å². The van der Waals surface area contributed by atoms with Gasteiger partial charge in [-0.1, -0.05) is 36.8 Å². The van der Waals surface area contributed by atoms with Gasteiger partial charge < -0.3 is 20.7 Å². The Morgan fingerprint density at radius 1 is 0.969 bits per heavy atom. The molecule has 2 aromatic rings. The number of hydrogen-bond donors (Lipinski definition) is 3. The smallest absolute Gasteiger partial charge is 0.251 e. The lowest BCUT2D eigenvalue weighted by Crippen LogP contribution is -2.41. The zero-order valence-corrected chi connectivity index (χ0v) is 19.2. The minimum atomic E-state index is -0.127. The third kappa shape index (κ3) is 7.57. The van der Waals surface area contributed by atoms with Crippen molar-refractivity contribution in [3.05, 3.63) is 65.2 Å². The Hall–Kier alpha value is -3.06. The molecule has 0 spiro atoms. The number of carbonyl (C=O) groups is 1. The number of hydrogen-bond acceptors (Lipinski definition) is 4. The third-order valence-electron chi connectivity index (χ3n) is 5.60. The van der Waals surface area contributed by atoms with Gasteiger partial charge in [-0.05, 0) is 55.3 Å². The molecule has 0 aliphatic carbocycles. The van der Waals surface area contributed by atoms with Gasteiger partial charge in [-0.15, -0.1) is 0 Å². The highest BCUT2D eigenvalue weighted by atomic mass is 16.5. The molecular weight excluding hydrogens is 402 g/mol. The Kier molecular flexibility index (Phi) is 9.37. The Labute approximate surface area is 191 Å². The predicted molar refractivity (Wildman–Crippen MR) is 129 cm³/mol. The van der Waals surface area contributed by atoms with Gasteiger partial charge >= 0.3 is 0 Å². The van der Waals surface area contributed by atoms with Gasteiger partial charge in [0.2, 0.25) is 0 Å². The van der Waals surface area contributed by atoms with E-state index in [0.717, 1.165) is 6.54 Å². The van der Waals surface area contributed by atoms with Crippen molar-refractivity contribution in [1.29, 1.82) is 0 Å². The summed E-state index contributed by atoms with van der Waals surface area (Å²) in [5.74, 6) is 1.25. The molecule has 0 atom stereocenters. The molecule has 32 heavy (non-hydrogen) atoms. The number of ether oxygens (including phenoxy) is 1. The molecule has 1 heterocycles. The number of rotatable bonds is 9. The highest BCUT2D eigenvalue weighted by Gasteiger charge is 2.10. The number of amides is 1. The van der Waals surface area contributed by atoms with E-state index >= 15 is 0 Å². The molecule has 0 bridgehead atoms. The number of guanidine groups is 1. The zero-order valence-electron chi connectivity index (χ0n) is 19.2. The lowest BCUT2D eigenvalue weighted by molar-refractivity contribution is 0.0954. The van der Waals surface area contributed by atoms with Crippen LogP contribution >= 0.6 is 0 Å². The standard InChI is InChI=1S/C25H35N5O2/c1-26-25(28-14-13-27-24(31)22-7-6-8-23(17-22)32-2)29-18-20-9-11-21(12-10-20)19-30-15-4-3-5-16-30/h6-12,17H,3-5,13-16,18-19H2,1-2H3,(H,27,31)(H2,26,28,29). The number of nitrogens with zero attached hydrogens (tertiary/aromatic N) is 2. The molecule has 7 heteroatoms. The summed E-state index contributed by atoms with van der Waals surface area (Å²) in [7, 11) is 3.33. The first-order valence-electron chi connectivity index (χ1n) is 11.3. The second kappa shape index (κ2) is 12.7. The van der Waals surface area contributed by atoms with Crippen molar-refractivity contribution >= 4 is 11.9 Å².